The van der Waals surface area contributed by atoms with Crippen molar-refractivity contribution in [1.29, 1.82) is 0 Å². The van der Waals surface area contributed by atoms with Gasteiger partial charge in [-0.25, -0.2) is 0 Å². The summed E-state index contributed by atoms with van der Waals surface area (Å²) < 4.78 is 5.28. The van der Waals surface area contributed by atoms with Crippen molar-refractivity contribution in [3.8, 4) is 5.75 Å². The van der Waals surface area contributed by atoms with E-state index in [0.29, 0.717) is 11.3 Å². The molecule has 4 heteroatoms. The molecule has 0 saturated heterocycles. The van der Waals surface area contributed by atoms with Gasteiger partial charge in [0.05, 0.1) is 18.2 Å². The molecule has 0 spiro atoms. The van der Waals surface area contributed by atoms with Gasteiger partial charge in [-0.3, -0.25) is 4.79 Å². The lowest BCUT2D eigenvalue weighted by Crippen LogP contribution is -2.38. The quantitative estimate of drug-likeness (QED) is 0.842. The highest BCUT2D eigenvalue weighted by Gasteiger charge is 2.39. The number of ether oxygens (including phenoxy) is 1. The van der Waals surface area contributed by atoms with Crippen LogP contribution in [0.1, 0.15) is 25.0 Å². The van der Waals surface area contributed by atoms with E-state index in [1.165, 1.54) is 0 Å². The van der Waals surface area contributed by atoms with E-state index in [0.717, 1.165) is 5.56 Å². The van der Waals surface area contributed by atoms with E-state index in [4.69, 9.17) is 4.74 Å². The van der Waals surface area contributed by atoms with Crippen LogP contribution in [0.5, 0.6) is 5.75 Å². The third kappa shape index (κ3) is 1.83. The van der Waals surface area contributed by atoms with Crippen LogP contribution in [0.4, 0.5) is 0 Å². The highest BCUT2D eigenvalue weighted by molar-refractivity contribution is 6.23. The fraction of sp³-hybridized carbons (Fsp3) is 0.357. The SMILES string of the molecule is COc1cc(C)ccc1C1=C(O)C(C)(C)NC1=O. The van der Waals surface area contributed by atoms with Gasteiger partial charge < -0.3 is 15.2 Å². The molecule has 0 fully saturated rings. The minimum absolute atomic E-state index is 0.0506. The average Bonchev–Trinajstić information content (AvgIpc) is 2.49. The van der Waals surface area contributed by atoms with Crippen molar-refractivity contribution in [2.24, 2.45) is 0 Å². The fourth-order valence-electron chi connectivity index (χ4n) is 2.08. The number of benzene rings is 1. The Hall–Kier alpha value is -1.97. The zero-order valence-corrected chi connectivity index (χ0v) is 11.0. The molecule has 0 saturated carbocycles. The minimum atomic E-state index is -0.734. The molecule has 2 rings (SSSR count). The average molecular weight is 247 g/mol. The van der Waals surface area contributed by atoms with Crippen molar-refractivity contribution in [1.82, 2.24) is 5.32 Å². The van der Waals surface area contributed by atoms with Gasteiger partial charge in [0.25, 0.3) is 5.91 Å². The van der Waals surface area contributed by atoms with Crippen molar-refractivity contribution in [2.75, 3.05) is 7.11 Å². The zero-order valence-electron chi connectivity index (χ0n) is 11.0. The van der Waals surface area contributed by atoms with E-state index in [-0.39, 0.29) is 17.2 Å². The van der Waals surface area contributed by atoms with Crippen LogP contribution in [-0.4, -0.2) is 23.7 Å². The van der Waals surface area contributed by atoms with Crippen LogP contribution in [0.3, 0.4) is 0 Å². The van der Waals surface area contributed by atoms with Crippen LogP contribution in [0.25, 0.3) is 5.57 Å². The number of carbonyl (C=O) groups excluding carboxylic acids is 1. The monoisotopic (exact) mass is 247 g/mol. The van der Waals surface area contributed by atoms with Gasteiger partial charge in [-0.1, -0.05) is 12.1 Å². The summed E-state index contributed by atoms with van der Waals surface area (Å²) >= 11 is 0. The Morgan fingerprint density at radius 2 is 2.00 bits per heavy atom. The Bertz CT molecular complexity index is 544. The van der Waals surface area contributed by atoms with Crippen LogP contribution >= 0.6 is 0 Å². The molecule has 1 aliphatic heterocycles. The molecule has 1 amide bonds. The van der Waals surface area contributed by atoms with Gasteiger partial charge >= 0.3 is 0 Å². The first-order valence-corrected chi connectivity index (χ1v) is 5.78. The summed E-state index contributed by atoms with van der Waals surface area (Å²) in [6, 6.07) is 5.52. The summed E-state index contributed by atoms with van der Waals surface area (Å²) in [5, 5.41) is 12.9. The zero-order chi connectivity index (χ0) is 13.5. The molecule has 0 bridgehead atoms. The number of hydrogen-bond acceptors (Lipinski definition) is 3. The largest absolute Gasteiger partial charge is 0.509 e. The predicted molar refractivity (Wildman–Crippen MR) is 69.5 cm³/mol. The maximum atomic E-state index is 12.0. The Morgan fingerprint density at radius 3 is 2.50 bits per heavy atom. The molecule has 0 radical (unpaired) electrons. The van der Waals surface area contributed by atoms with E-state index < -0.39 is 5.54 Å². The molecule has 0 aliphatic carbocycles. The van der Waals surface area contributed by atoms with Crippen molar-refractivity contribution >= 4 is 11.5 Å². The van der Waals surface area contributed by atoms with Crippen LogP contribution in [0.15, 0.2) is 24.0 Å². The van der Waals surface area contributed by atoms with Crippen molar-refractivity contribution in [2.45, 2.75) is 26.3 Å². The molecular formula is C14H17NO3. The number of methoxy groups -OCH3 is 1. The van der Waals surface area contributed by atoms with E-state index >= 15 is 0 Å². The molecule has 18 heavy (non-hydrogen) atoms. The molecule has 4 nitrogen and oxygen atoms in total. The van der Waals surface area contributed by atoms with Crippen LogP contribution in [0.2, 0.25) is 0 Å². The van der Waals surface area contributed by atoms with Crippen LogP contribution < -0.4 is 10.1 Å². The number of carbonyl (C=O) groups is 1. The highest BCUT2D eigenvalue weighted by Crippen LogP contribution is 2.36. The summed E-state index contributed by atoms with van der Waals surface area (Å²) in [5.74, 6) is 0.360. The van der Waals surface area contributed by atoms with Gasteiger partial charge in [0.1, 0.15) is 11.5 Å². The fourth-order valence-corrected chi connectivity index (χ4v) is 2.08. The van der Waals surface area contributed by atoms with Crippen LogP contribution in [-0.2, 0) is 4.79 Å². The third-order valence-electron chi connectivity index (χ3n) is 3.11. The number of aliphatic hydroxyl groups is 1. The number of nitrogens with one attached hydrogen (secondary N) is 1. The van der Waals surface area contributed by atoms with Crippen LogP contribution in [0, 0.1) is 6.92 Å². The molecule has 2 N–H and O–H groups in total. The first-order chi connectivity index (χ1) is 8.36. The predicted octanol–water partition coefficient (Wildman–Crippen LogP) is 2.18. The lowest BCUT2D eigenvalue weighted by molar-refractivity contribution is -0.115. The number of hydrogen-bond donors (Lipinski definition) is 2. The molecule has 1 aliphatic rings. The molecule has 1 aromatic rings. The smallest absolute Gasteiger partial charge is 0.256 e. The maximum absolute atomic E-state index is 12.0. The normalized spacial score (nSPS) is 17.9. The van der Waals surface area contributed by atoms with E-state index in [2.05, 4.69) is 5.32 Å². The second-order valence-corrected chi connectivity index (χ2v) is 5.01. The van der Waals surface area contributed by atoms with E-state index in [1.807, 2.05) is 19.1 Å². The Balaban J connectivity index is 2.62. The Morgan fingerprint density at radius 1 is 1.33 bits per heavy atom. The molecule has 1 heterocycles. The van der Waals surface area contributed by atoms with Gasteiger partial charge in [0, 0.05) is 5.56 Å². The molecule has 1 aromatic carbocycles. The number of rotatable bonds is 2. The van der Waals surface area contributed by atoms with Gasteiger partial charge in [0.15, 0.2) is 0 Å². The summed E-state index contributed by atoms with van der Waals surface area (Å²) in [6.07, 6.45) is 0. The number of amides is 1. The van der Waals surface area contributed by atoms with Crippen molar-refractivity contribution < 1.29 is 14.6 Å². The standard InChI is InChI=1S/C14H17NO3/c1-8-5-6-9(10(7-8)18-4)11-12(16)14(2,3)15-13(11)17/h5-7,16H,1-4H3,(H,15,17). The van der Waals surface area contributed by atoms with Gasteiger partial charge in [-0.05, 0) is 32.4 Å². The van der Waals surface area contributed by atoms with Gasteiger partial charge in [-0.2, -0.15) is 0 Å². The number of aliphatic hydroxyl groups excluding tert-OH is 1. The number of aryl methyl sites for hydroxylation is 1. The Kier molecular flexibility index (Phi) is 2.81. The first-order valence-electron chi connectivity index (χ1n) is 5.78. The third-order valence-corrected chi connectivity index (χ3v) is 3.11. The molecule has 96 valence electrons. The molecule has 0 unspecified atom stereocenters. The van der Waals surface area contributed by atoms with Gasteiger partial charge in [-0.15, -0.1) is 0 Å². The lowest BCUT2D eigenvalue weighted by atomic mass is 9.98. The maximum Gasteiger partial charge on any atom is 0.256 e. The topological polar surface area (TPSA) is 58.6 Å². The summed E-state index contributed by atoms with van der Waals surface area (Å²) in [4.78, 5) is 12.0. The van der Waals surface area contributed by atoms with E-state index in [1.54, 1.807) is 27.0 Å². The second kappa shape index (κ2) is 4.05. The second-order valence-electron chi connectivity index (χ2n) is 5.01. The summed E-state index contributed by atoms with van der Waals surface area (Å²) in [7, 11) is 1.55. The Labute approximate surface area is 106 Å². The summed E-state index contributed by atoms with van der Waals surface area (Å²) in [5.41, 5.74) is 1.20. The van der Waals surface area contributed by atoms with Crippen molar-refractivity contribution in [3.05, 3.63) is 35.1 Å². The highest BCUT2D eigenvalue weighted by atomic mass is 16.5. The summed E-state index contributed by atoms with van der Waals surface area (Å²) in [6.45, 7) is 5.46. The van der Waals surface area contributed by atoms with Gasteiger partial charge in [0.2, 0.25) is 0 Å². The van der Waals surface area contributed by atoms with Crippen molar-refractivity contribution in [3.63, 3.8) is 0 Å². The minimum Gasteiger partial charge on any atom is -0.509 e. The first kappa shape index (κ1) is 12.5. The molecule has 0 aromatic heterocycles. The van der Waals surface area contributed by atoms with E-state index in [9.17, 15) is 9.90 Å². The molecular weight excluding hydrogens is 230 g/mol. The lowest BCUT2D eigenvalue weighted by Gasteiger charge is -2.17. The molecule has 0 atom stereocenters.